The van der Waals surface area contributed by atoms with E-state index in [4.69, 9.17) is 0 Å². The smallest absolute Gasteiger partial charge is 0.159 e. The molecule has 0 radical (unpaired) electrons. The molecular formula is C6H7IO. The molecule has 0 amide bonds. The van der Waals surface area contributed by atoms with Crippen molar-refractivity contribution >= 4 is 28.4 Å². The molecule has 1 atom stereocenters. The zero-order chi connectivity index (χ0) is 6.15. The number of halogens is 1. The van der Waals surface area contributed by atoms with E-state index in [1.54, 1.807) is 0 Å². The zero-order valence-corrected chi connectivity index (χ0v) is 6.64. The summed E-state index contributed by atoms with van der Waals surface area (Å²) in [7, 11) is 0. The third-order valence-electron chi connectivity index (χ3n) is 1.27. The highest BCUT2D eigenvalue weighted by Crippen LogP contribution is 2.25. The second-order valence-electron chi connectivity index (χ2n) is 2.03. The molecule has 0 bridgehead atoms. The summed E-state index contributed by atoms with van der Waals surface area (Å²) in [5, 5.41) is 0. The second-order valence-corrected chi connectivity index (χ2v) is 3.79. The van der Waals surface area contributed by atoms with E-state index in [9.17, 15) is 4.79 Å². The van der Waals surface area contributed by atoms with E-state index < -0.39 is 0 Å². The first kappa shape index (κ1) is 6.26. The van der Waals surface area contributed by atoms with Gasteiger partial charge in [-0.2, -0.15) is 0 Å². The minimum atomic E-state index is 0.254. The van der Waals surface area contributed by atoms with Crippen LogP contribution in [0, 0.1) is 0 Å². The van der Waals surface area contributed by atoms with Crippen LogP contribution in [0.15, 0.2) is 12.2 Å². The molecular weight excluding hydrogens is 215 g/mol. The van der Waals surface area contributed by atoms with E-state index in [0.717, 1.165) is 12.0 Å². The van der Waals surface area contributed by atoms with Crippen molar-refractivity contribution in [2.24, 2.45) is 0 Å². The number of carbonyl (C=O) groups excluding carboxylic acids is 1. The zero-order valence-electron chi connectivity index (χ0n) is 4.48. The van der Waals surface area contributed by atoms with E-state index in [-0.39, 0.29) is 5.78 Å². The molecule has 1 fully saturated rings. The van der Waals surface area contributed by atoms with Crippen molar-refractivity contribution in [3.8, 4) is 0 Å². The van der Waals surface area contributed by atoms with E-state index >= 15 is 0 Å². The van der Waals surface area contributed by atoms with Gasteiger partial charge in [-0.15, -0.1) is 0 Å². The Bertz CT molecular complexity index is 123. The van der Waals surface area contributed by atoms with Crippen LogP contribution >= 0.6 is 22.6 Å². The lowest BCUT2D eigenvalue weighted by molar-refractivity contribution is -0.114. The highest BCUT2D eigenvalue weighted by atomic mass is 127. The molecule has 0 saturated heterocycles. The predicted molar refractivity (Wildman–Crippen MR) is 41.2 cm³/mol. The molecule has 0 aromatic carbocycles. The maximum absolute atomic E-state index is 10.7. The quantitative estimate of drug-likeness (QED) is 0.346. The number of carbonyl (C=O) groups is 1. The normalized spacial score (nSPS) is 29.4. The fourth-order valence-electron chi connectivity index (χ4n) is 0.799. The summed E-state index contributed by atoms with van der Waals surface area (Å²) in [6, 6.07) is 0. The Morgan fingerprint density at radius 3 is 2.38 bits per heavy atom. The van der Waals surface area contributed by atoms with Crippen LogP contribution < -0.4 is 0 Å². The highest BCUT2D eigenvalue weighted by Gasteiger charge is 2.22. The van der Waals surface area contributed by atoms with E-state index in [2.05, 4.69) is 29.2 Å². The van der Waals surface area contributed by atoms with Gasteiger partial charge in [0.1, 0.15) is 0 Å². The molecule has 44 valence electrons. The van der Waals surface area contributed by atoms with Crippen molar-refractivity contribution in [3.63, 3.8) is 0 Å². The van der Waals surface area contributed by atoms with Gasteiger partial charge in [-0.25, -0.2) is 0 Å². The molecule has 0 spiro atoms. The molecule has 1 unspecified atom stereocenters. The third kappa shape index (κ3) is 1.10. The first-order valence-corrected chi connectivity index (χ1v) is 3.80. The maximum atomic E-state index is 10.7. The average Bonchev–Trinajstić information content (AvgIpc) is 1.85. The molecule has 1 aliphatic carbocycles. The summed E-state index contributed by atoms with van der Waals surface area (Å²) in [6.07, 6.45) is 1.61. The van der Waals surface area contributed by atoms with E-state index in [1.807, 2.05) is 0 Å². The Morgan fingerprint density at radius 2 is 2.25 bits per heavy atom. The Morgan fingerprint density at radius 1 is 1.62 bits per heavy atom. The van der Waals surface area contributed by atoms with Crippen LogP contribution in [0.3, 0.4) is 0 Å². The first-order valence-electron chi connectivity index (χ1n) is 2.55. The fourth-order valence-corrected chi connectivity index (χ4v) is 1.73. The van der Waals surface area contributed by atoms with Gasteiger partial charge in [0.05, 0.1) is 0 Å². The molecule has 2 heteroatoms. The molecule has 0 aliphatic heterocycles. The van der Waals surface area contributed by atoms with Gasteiger partial charge in [0.15, 0.2) is 5.78 Å². The summed E-state index contributed by atoms with van der Waals surface area (Å²) in [5.74, 6) is 0.254. The molecule has 1 nitrogen and oxygen atoms in total. The summed E-state index contributed by atoms with van der Waals surface area (Å²) in [5.41, 5.74) is 0.810. The van der Waals surface area contributed by atoms with Gasteiger partial charge in [0.25, 0.3) is 0 Å². The molecule has 1 aliphatic rings. The first-order chi connectivity index (χ1) is 3.70. The van der Waals surface area contributed by atoms with Crippen molar-refractivity contribution in [2.45, 2.75) is 16.8 Å². The van der Waals surface area contributed by atoms with Crippen LogP contribution in [0.4, 0.5) is 0 Å². The molecule has 0 heterocycles. The molecule has 1 rings (SSSR count). The van der Waals surface area contributed by atoms with E-state index in [0.29, 0.717) is 10.3 Å². The molecule has 1 saturated carbocycles. The number of rotatable bonds is 0. The standard InChI is InChI=1S/C6H7IO/c1-4-2-5(7)3-6(4)8/h5H,1-3H2. The van der Waals surface area contributed by atoms with Gasteiger partial charge >= 0.3 is 0 Å². The van der Waals surface area contributed by atoms with Gasteiger partial charge in [0.2, 0.25) is 0 Å². The predicted octanol–water partition coefficient (Wildman–Crippen LogP) is 1.71. The summed E-state index contributed by atoms with van der Waals surface area (Å²) < 4.78 is 0.521. The van der Waals surface area contributed by atoms with Crippen LogP contribution in [-0.4, -0.2) is 9.71 Å². The highest BCUT2D eigenvalue weighted by molar-refractivity contribution is 14.1. The van der Waals surface area contributed by atoms with Gasteiger partial charge < -0.3 is 0 Å². The lowest BCUT2D eigenvalue weighted by atomic mass is 10.2. The number of hydrogen-bond donors (Lipinski definition) is 0. The Kier molecular flexibility index (Phi) is 1.70. The minimum absolute atomic E-state index is 0.254. The number of hydrogen-bond acceptors (Lipinski definition) is 1. The molecule has 0 aromatic rings. The van der Waals surface area contributed by atoms with Gasteiger partial charge in [-0.3, -0.25) is 4.79 Å². The number of alkyl halides is 1. The third-order valence-corrected chi connectivity index (χ3v) is 2.15. The number of allylic oxidation sites excluding steroid dienone is 1. The van der Waals surface area contributed by atoms with Crippen molar-refractivity contribution in [2.75, 3.05) is 0 Å². The number of Topliss-reactive ketones (excluding diaryl/α,β-unsaturated/α-hetero) is 1. The van der Waals surface area contributed by atoms with E-state index in [1.165, 1.54) is 0 Å². The average molecular weight is 222 g/mol. The molecule has 8 heavy (non-hydrogen) atoms. The van der Waals surface area contributed by atoms with Gasteiger partial charge in [-0.05, 0) is 12.0 Å². The van der Waals surface area contributed by atoms with Crippen molar-refractivity contribution in [3.05, 3.63) is 12.2 Å². The van der Waals surface area contributed by atoms with Crippen molar-refractivity contribution < 1.29 is 4.79 Å². The van der Waals surface area contributed by atoms with Crippen molar-refractivity contribution in [1.82, 2.24) is 0 Å². The van der Waals surface area contributed by atoms with Crippen LogP contribution in [0.2, 0.25) is 0 Å². The fraction of sp³-hybridized carbons (Fsp3) is 0.500. The van der Waals surface area contributed by atoms with Crippen LogP contribution in [0.1, 0.15) is 12.8 Å². The lowest BCUT2D eigenvalue weighted by Crippen LogP contribution is -1.90. The molecule has 0 aromatic heterocycles. The van der Waals surface area contributed by atoms with Crippen LogP contribution in [-0.2, 0) is 4.79 Å². The summed E-state index contributed by atoms with van der Waals surface area (Å²) in [6.45, 7) is 3.63. The topological polar surface area (TPSA) is 17.1 Å². The number of ketones is 1. The minimum Gasteiger partial charge on any atom is -0.295 e. The van der Waals surface area contributed by atoms with Crippen LogP contribution in [0.5, 0.6) is 0 Å². The monoisotopic (exact) mass is 222 g/mol. The second kappa shape index (κ2) is 2.17. The van der Waals surface area contributed by atoms with Crippen molar-refractivity contribution in [1.29, 1.82) is 0 Å². The van der Waals surface area contributed by atoms with Gasteiger partial charge in [-0.1, -0.05) is 29.2 Å². The summed E-state index contributed by atoms with van der Waals surface area (Å²) in [4.78, 5) is 10.7. The van der Waals surface area contributed by atoms with Gasteiger partial charge in [0, 0.05) is 10.3 Å². The summed E-state index contributed by atoms with van der Waals surface area (Å²) >= 11 is 2.28. The molecule has 0 N–H and O–H groups in total. The Balaban J connectivity index is 2.64. The Labute approximate surface area is 62.3 Å². The lowest BCUT2D eigenvalue weighted by Gasteiger charge is -1.87. The maximum Gasteiger partial charge on any atom is 0.159 e. The van der Waals surface area contributed by atoms with Crippen LogP contribution in [0.25, 0.3) is 0 Å². The SMILES string of the molecule is C=C1CC(I)CC1=O. The largest absolute Gasteiger partial charge is 0.295 e. The Hall–Kier alpha value is 0.140.